The van der Waals surface area contributed by atoms with Crippen LogP contribution in [0.1, 0.15) is 0 Å². The molecule has 1 aromatic carbocycles. The largest absolute Gasteiger partial charge is 1.00 e. The zero-order valence-corrected chi connectivity index (χ0v) is 10.8. The number of benzene rings is 1. The van der Waals surface area contributed by atoms with E-state index in [0.29, 0.717) is 0 Å². The molecule has 0 aliphatic carbocycles. The van der Waals surface area contributed by atoms with Crippen LogP contribution in [0.3, 0.4) is 0 Å². The van der Waals surface area contributed by atoms with E-state index in [0.717, 1.165) is 0 Å². The fourth-order valence-electron chi connectivity index (χ4n) is 0.632. The zero-order chi connectivity index (χ0) is 8.32. The van der Waals surface area contributed by atoms with Gasteiger partial charge in [-0.25, -0.2) is 24.6 Å². The summed E-state index contributed by atoms with van der Waals surface area (Å²) in [5, 5.41) is 0. The molecular formula is C6H5BrNNaO2S. The van der Waals surface area contributed by atoms with Gasteiger partial charge in [0.05, 0.1) is 0 Å². The number of hydrogen-bond acceptors (Lipinski definition) is 2. The summed E-state index contributed by atoms with van der Waals surface area (Å²) in [6.45, 7) is 0. The van der Waals surface area contributed by atoms with E-state index in [1.807, 2.05) is 0 Å². The van der Waals surface area contributed by atoms with Crippen molar-refractivity contribution in [3.63, 3.8) is 0 Å². The number of rotatable bonds is 2. The Bertz CT molecular complexity index is 327. The van der Waals surface area contributed by atoms with E-state index >= 15 is 0 Å². The quantitative estimate of drug-likeness (QED) is 0.643. The van der Waals surface area contributed by atoms with Crippen LogP contribution in [-0.2, 0) is 10.0 Å². The molecule has 0 aliphatic rings. The van der Waals surface area contributed by atoms with Gasteiger partial charge >= 0.3 is 29.6 Å². The molecule has 3 nitrogen and oxygen atoms in total. The topological polar surface area (TPSA) is 48.2 Å². The minimum atomic E-state index is -3.46. The van der Waals surface area contributed by atoms with Gasteiger partial charge in [0.2, 0.25) is 0 Å². The maximum atomic E-state index is 11.0. The zero-order valence-electron chi connectivity index (χ0n) is 6.44. The molecule has 0 bridgehead atoms. The second-order valence-electron chi connectivity index (χ2n) is 1.86. The first-order valence-corrected chi connectivity index (χ1v) is 4.95. The molecule has 6 heteroatoms. The van der Waals surface area contributed by atoms with Gasteiger partial charge in [-0.15, -0.1) is 0 Å². The Morgan fingerprint density at radius 1 is 1.17 bits per heavy atom. The summed E-state index contributed by atoms with van der Waals surface area (Å²) in [5.74, 6) is 0. The van der Waals surface area contributed by atoms with Crippen molar-refractivity contribution in [3.05, 3.63) is 34.1 Å². The maximum absolute atomic E-state index is 11.0. The van der Waals surface area contributed by atoms with Crippen molar-refractivity contribution < 1.29 is 38.0 Å². The molecule has 0 amide bonds. The van der Waals surface area contributed by atoms with Crippen LogP contribution in [0.4, 0.5) is 0 Å². The van der Waals surface area contributed by atoms with Gasteiger partial charge in [-0.1, -0.05) is 18.2 Å². The molecule has 0 heterocycles. The molecule has 0 saturated carbocycles. The number of hydrogen-bond donors (Lipinski definition) is 0. The van der Waals surface area contributed by atoms with Crippen LogP contribution in [0.5, 0.6) is 0 Å². The Kier molecular flexibility index (Phi) is 5.64. The molecular weight excluding hydrogens is 253 g/mol. The third-order valence-corrected chi connectivity index (χ3v) is 3.33. The van der Waals surface area contributed by atoms with Gasteiger partial charge in [-0.05, 0) is 12.1 Å². The molecule has 0 unspecified atom stereocenters. The normalized spacial score (nSPS) is 10.4. The van der Waals surface area contributed by atoms with Crippen LogP contribution in [0.25, 0.3) is 3.75 Å². The Balaban J connectivity index is 0.00000121. The second kappa shape index (κ2) is 5.36. The Morgan fingerprint density at radius 2 is 1.67 bits per heavy atom. The van der Waals surface area contributed by atoms with Gasteiger partial charge in [0.1, 0.15) is 10.0 Å². The number of halogens is 1. The number of nitrogens with zero attached hydrogens (tertiary/aromatic N) is 1. The van der Waals surface area contributed by atoms with Gasteiger partial charge in [-0.3, -0.25) is 0 Å². The van der Waals surface area contributed by atoms with Crippen LogP contribution >= 0.6 is 16.1 Å². The van der Waals surface area contributed by atoms with Gasteiger partial charge in [-0.2, -0.15) is 0 Å². The average molecular weight is 258 g/mol. The Labute approximate surface area is 102 Å². The second-order valence-corrected chi connectivity index (χ2v) is 4.29. The van der Waals surface area contributed by atoms with Crippen molar-refractivity contribution in [2.24, 2.45) is 0 Å². The first-order valence-electron chi connectivity index (χ1n) is 2.80. The van der Waals surface area contributed by atoms with E-state index in [1.54, 1.807) is 18.2 Å². The monoisotopic (exact) mass is 257 g/mol. The van der Waals surface area contributed by atoms with Crippen LogP contribution in [0.15, 0.2) is 35.2 Å². The molecule has 1 rings (SSSR count). The van der Waals surface area contributed by atoms with Crippen LogP contribution in [-0.4, -0.2) is 8.42 Å². The van der Waals surface area contributed by atoms with E-state index in [1.165, 1.54) is 12.1 Å². The predicted octanol–water partition coefficient (Wildman–Crippen LogP) is -0.937. The van der Waals surface area contributed by atoms with Gasteiger partial charge in [0.15, 0.2) is 0 Å². The minimum Gasteiger partial charge on any atom is -0.480 e. The van der Waals surface area contributed by atoms with Crippen molar-refractivity contribution in [1.82, 2.24) is 0 Å². The maximum Gasteiger partial charge on any atom is 1.00 e. The molecule has 12 heavy (non-hydrogen) atoms. The van der Waals surface area contributed by atoms with E-state index in [4.69, 9.17) is 0 Å². The SMILES string of the molecule is O=S(=O)([N-]Br)c1ccccc1.[Na+]. The minimum absolute atomic E-state index is 0. The molecule has 0 atom stereocenters. The summed E-state index contributed by atoms with van der Waals surface area (Å²) in [5.41, 5.74) is 0. The summed E-state index contributed by atoms with van der Waals surface area (Å²) in [6, 6.07) is 8.00. The Hall–Kier alpha value is 0.610. The Morgan fingerprint density at radius 3 is 2.08 bits per heavy atom. The molecule has 0 fully saturated rings. The molecule has 1 aromatic rings. The van der Waals surface area contributed by atoms with Gasteiger partial charge in [0.25, 0.3) is 0 Å². The molecule has 0 N–H and O–H groups in total. The predicted molar refractivity (Wildman–Crippen MR) is 45.9 cm³/mol. The van der Waals surface area contributed by atoms with Crippen LogP contribution < -0.4 is 29.6 Å². The summed E-state index contributed by atoms with van der Waals surface area (Å²) in [4.78, 5) is 0.192. The first-order chi connectivity index (χ1) is 5.17. The molecule has 0 aliphatic heterocycles. The molecule has 0 radical (unpaired) electrons. The summed E-state index contributed by atoms with van der Waals surface area (Å²) >= 11 is 2.54. The van der Waals surface area contributed by atoms with Gasteiger partial charge in [0, 0.05) is 4.90 Å². The average Bonchev–Trinajstić information content (AvgIpc) is 2.06. The van der Waals surface area contributed by atoms with Crippen molar-refractivity contribution in [2.75, 3.05) is 0 Å². The molecule has 0 aromatic heterocycles. The van der Waals surface area contributed by atoms with Crippen molar-refractivity contribution >= 4 is 26.2 Å². The molecule has 0 spiro atoms. The fraction of sp³-hybridized carbons (Fsp3) is 0. The standard InChI is InChI=1S/C6H5BrNO2S.Na/c7-8-11(9,10)6-4-2-1-3-5-6;/h1-5H;/q-1;+1. The van der Waals surface area contributed by atoms with E-state index in [-0.39, 0.29) is 34.5 Å². The fourth-order valence-corrected chi connectivity index (χ4v) is 1.71. The summed E-state index contributed by atoms with van der Waals surface area (Å²) < 4.78 is 25.1. The van der Waals surface area contributed by atoms with Crippen molar-refractivity contribution in [2.45, 2.75) is 4.90 Å². The molecule has 60 valence electrons. The van der Waals surface area contributed by atoms with Crippen LogP contribution in [0.2, 0.25) is 0 Å². The summed E-state index contributed by atoms with van der Waals surface area (Å²) in [6.07, 6.45) is 0. The third-order valence-electron chi connectivity index (χ3n) is 1.13. The van der Waals surface area contributed by atoms with Crippen LogP contribution in [0, 0.1) is 0 Å². The van der Waals surface area contributed by atoms with Gasteiger partial charge < -0.3 is 3.75 Å². The van der Waals surface area contributed by atoms with Crippen molar-refractivity contribution in [3.8, 4) is 0 Å². The number of sulfonamides is 1. The summed E-state index contributed by atoms with van der Waals surface area (Å²) in [7, 11) is -3.46. The molecule has 0 saturated heterocycles. The third kappa shape index (κ3) is 3.16. The van der Waals surface area contributed by atoms with E-state index in [9.17, 15) is 8.42 Å². The first kappa shape index (κ1) is 12.6. The van der Waals surface area contributed by atoms with Crippen molar-refractivity contribution in [1.29, 1.82) is 0 Å². The van der Waals surface area contributed by atoms with E-state index < -0.39 is 10.0 Å². The van der Waals surface area contributed by atoms with E-state index in [2.05, 4.69) is 19.9 Å². The smallest absolute Gasteiger partial charge is 0.480 e.